The summed E-state index contributed by atoms with van der Waals surface area (Å²) in [5.74, 6) is -1.83. The van der Waals surface area contributed by atoms with Crippen molar-refractivity contribution in [3.63, 3.8) is 0 Å². The van der Waals surface area contributed by atoms with Gasteiger partial charge in [-0.15, -0.1) is 23.2 Å². The van der Waals surface area contributed by atoms with Gasteiger partial charge in [0.25, 0.3) is 0 Å². The smallest absolute Gasteiger partial charge is 0.337 e. The normalized spacial score (nSPS) is 20.8. The van der Waals surface area contributed by atoms with Crippen molar-refractivity contribution in [1.29, 1.82) is 0 Å². The quantitative estimate of drug-likeness (QED) is 0.252. The number of fused-ring (bicyclic) bond motifs is 6. The molecule has 2 N–H and O–H groups in total. The van der Waals surface area contributed by atoms with E-state index in [4.69, 9.17) is 32.7 Å². The molecule has 0 aliphatic carbocycles. The predicted octanol–water partition coefficient (Wildman–Crippen LogP) is 4.36. The van der Waals surface area contributed by atoms with Gasteiger partial charge in [0, 0.05) is 34.9 Å². The molecular weight excluding hydrogens is 607 g/mol. The number of nitrogens with zero attached hydrogens (tertiary/aromatic N) is 2. The van der Waals surface area contributed by atoms with Gasteiger partial charge in [-0.25, -0.2) is 9.59 Å². The minimum absolute atomic E-state index is 0.165. The molecule has 4 heterocycles. The number of esters is 2. The van der Waals surface area contributed by atoms with Crippen LogP contribution in [0.3, 0.4) is 0 Å². The minimum Gasteiger partial charge on any atom is -0.467 e. The Morgan fingerprint density at radius 1 is 0.705 bits per heavy atom. The van der Waals surface area contributed by atoms with E-state index in [0.717, 1.165) is 32.9 Å². The highest BCUT2D eigenvalue weighted by Crippen LogP contribution is 2.41. The fourth-order valence-electron chi connectivity index (χ4n) is 6.63. The second-order valence-electron chi connectivity index (χ2n) is 11.0. The van der Waals surface area contributed by atoms with Crippen LogP contribution in [0.1, 0.15) is 36.4 Å². The Morgan fingerprint density at radius 3 is 1.41 bits per heavy atom. The number of carbonyl (C=O) groups is 4. The number of benzene rings is 2. The van der Waals surface area contributed by atoms with Gasteiger partial charge in [0.2, 0.25) is 11.8 Å². The third-order valence-electron chi connectivity index (χ3n) is 8.85. The van der Waals surface area contributed by atoms with Crippen LogP contribution in [0.2, 0.25) is 0 Å². The molecule has 2 unspecified atom stereocenters. The topological polar surface area (TPSA) is 125 Å². The molecule has 2 atom stereocenters. The number of nitrogens with one attached hydrogen (secondary N) is 2. The Hall–Kier alpha value is -4.02. The molecule has 0 spiro atoms. The zero-order valence-corrected chi connectivity index (χ0v) is 26.5. The van der Waals surface area contributed by atoms with Gasteiger partial charge in [-0.2, -0.15) is 0 Å². The van der Waals surface area contributed by atoms with Crippen molar-refractivity contribution in [3.05, 3.63) is 71.0 Å². The number of methoxy groups -OCH3 is 2. The number of hydrogen-bond donors (Lipinski definition) is 2. The van der Waals surface area contributed by atoms with E-state index in [1.54, 1.807) is 13.8 Å². The molecular formula is C32H34Cl2N4O6. The molecule has 2 amide bonds. The van der Waals surface area contributed by atoms with Gasteiger partial charge in [0.05, 0.1) is 25.6 Å². The number of aromatic amines is 2. The van der Waals surface area contributed by atoms with Crippen molar-refractivity contribution >= 4 is 68.8 Å². The number of halogens is 2. The summed E-state index contributed by atoms with van der Waals surface area (Å²) in [6, 6.07) is 15.7. The van der Waals surface area contributed by atoms with Gasteiger partial charge in [0.1, 0.15) is 11.8 Å². The van der Waals surface area contributed by atoms with E-state index < -0.39 is 23.0 Å². The number of para-hydroxylation sites is 2. The van der Waals surface area contributed by atoms with Crippen LogP contribution >= 0.6 is 23.2 Å². The Kier molecular flexibility index (Phi) is 8.68. The van der Waals surface area contributed by atoms with Crippen molar-refractivity contribution in [3.8, 4) is 0 Å². The van der Waals surface area contributed by atoms with Crippen LogP contribution in [0.5, 0.6) is 0 Å². The van der Waals surface area contributed by atoms with E-state index in [1.165, 1.54) is 24.0 Å². The molecule has 6 rings (SSSR count). The van der Waals surface area contributed by atoms with Gasteiger partial charge in [0.15, 0.2) is 11.1 Å². The summed E-state index contributed by atoms with van der Waals surface area (Å²) in [6.07, 6.45) is 1.35. The van der Waals surface area contributed by atoms with Crippen molar-refractivity contribution in [2.24, 2.45) is 0 Å². The molecule has 0 saturated heterocycles. The van der Waals surface area contributed by atoms with Crippen LogP contribution in [0.4, 0.5) is 0 Å². The molecule has 10 nitrogen and oxygen atoms in total. The van der Waals surface area contributed by atoms with Gasteiger partial charge in [-0.3, -0.25) is 9.59 Å². The first kappa shape index (κ1) is 31.4. The number of H-pyrrole nitrogens is 2. The van der Waals surface area contributed by atoms with Crippen molar-refractivity contribution < 1.29 is 28.7 Å². The largest absolute Gasteiger partial charge is 0.467 e. The number of alkyl halides is 2. The number of amides is 2. The van der Waals surface area contributed by atoms with E-state index >= 15 is 0 Å². The molecule has 0 bridgehead atoms. The van der Waals surface area contributed by atoms with E-state index in [-0.39, 0.29) is 23.6 Å². The van der Waals surface area contributed by atoms with Crippen LogP contribution in [0.15, 0.2) is 48.5 Å². The van der Waals surface area contributed by atoms with Crippen molar-refractivity contribution in [2.45, 2.75) is 37.8 Å². The maximum absolute atomic E-state index is 12.5. The second-order valence-corrected chi connectivity index (χ2v) is 11.6. The lowest BCUT2D eigenvalue weighted by molar-refractivity contribution is -0.162. The Morgan fingerprint density at radius 2 is 1.07 bits per heavy atom. The van der Waals surface area contributed by atoms with E-state index in [0.29, 0.717) is 37.3 Å². The number of aromatic nitrogens is 2. The lowest BCUT2D eigenvalue weighted by Gasteiger charge is -2.42. The molecule has 2 aromatic carbocycles. The van der Waals surface area contributed by atoms with Gasteiger partial charge in [-0.1, -0.05) is 36.4 Å². The van der Waals surface area contributed by atoms with Crippen LogP contribution in [-0.4, -0.2) is 82.6 Å². The fourth-order valence-corrected chi connectivity index (χ4v) is 6.92. The Balaban J connectivity index is 0.000000175. The third-order valence-corrected chi connectivity index (χ3v) is 9.31. The standard InChI is InChI=1S/2C16H17ClN2O3/c2*1-16(15(21)22-2)14-11(7-8-19(16)13(20)9-17)10-5-3-4-6-12(10)18-14/h2*3-6,18H,7-9H2,1-2H3. The first-order valence-corrected chi connectivity index (χ1v) is 15.2. The fraction of sp³-hybridized carbons (Fsp3) is 0.375. The predicted molar refractivity (Wildman–Crippen MR) is 168 cm³/mol. The molecule has 232 valence electrons. The monoisotopic (exact) mass is 640 g/mol. The van der Waals surface area contributed by atoms with Gasteiger partial charge in [-0.05, 0) is 49.9 Å². The van der Waals surface area contributed by atoms with Crippen LogP contribution in [0, 0.1) is 0 Å². The highest BCUT2D eigenvalue weighted by Gasteiger charge is 2.51. The van der Waals surface area contributed by atoms with Crippen molar-refractivity contribution in [2.75, 3.05) is 39.1 Å². The number of ether oxygens (including phenoxy) is 2. The summed E-state index contributed by atoms with van der Waals surface area (Å²) in [6.45, 7) is 4.28. The van der Waals surface area contributed by atoms with Crippen LogP contribution in [0.25, 0.3) is 21.8 Å². The summed E-state index contributed by atoms with van der Waals surface area (Å²) in [5, 5.41) is 2.15. The zero-order chi connectivity index (χ0) is 31.8. The summed E-state index contributed by atoms with van der Waals surface area (Å²) in [4.78, 5) is 59.0. The minimum atomic E-state index is -1.19. The second kappa shape index (κ2) is 12.2. The first-order valence-electron chi connectivity index (χ1n) is 14.2. The molecule has 2 aliphatic heterocycles. The highest BCUT2D eigenvalue weighted by molar-refractivity contribution is 6.27. The third kappa shape index (κ3) is 4.80. The van der Waals surface area contributed by atoms with E-state index in [2.05, 4.69) is 9.97 Å². The average Bonchev–Trinajstić information content (AvgIpc) is 3.64. The number of carbonyl (C=O) groups excluding carboxylic acids is 4. The summed E-state index contributed by atoms with van der Waals surface area (Å²) >= 11 is 11.4. The summed E-state index contributed by atoms with van der Waals surface area (Å²) in [7, 11) is 2.65. The maximum atomic E-state index is 12.5. The maximum Gasteiger partial charge on any atom is 0.337 e. The van der Waals surface area contributed by atoms with Crippen LogP contribution in [-0.2, 0) is 52.6 Å². The van der Waals surface area contributed by atoms with E-state index in [9.17, 15) is 19.2 Å². The van der Waals surface area contributed by atoms with Crippen molar-refractivity contribution in [1.82, 2.24) is 19.8 Å². The molecule has 12 heteroatoms. The Labute approximate surface area is 264 Å². The number of rotatable bonds is 4. The lowest BCUT2D eigenvalue weighted by Crippen LogP contribution is -2.57. The Bertz CT molecular complexity index is 1640. The van der Waals surface area contributed by atoms with Gasteiger partial charge >= 0.3 is 11.9 Å². The summed E-state index contributed by atoms with van der Waals surface area (Å²) < 4.78 is 9.95. The summed E-state index contributed by atoms with van der Waals surface area (Å²) in [5.41, 5.74) is 3.06. The lowest BCUT2D eigenvalue weighted by atomic mass is 9.86. The first-order chi connectivity index (χ1) is 21.1. The molecule has 0 saturated carbocycles. The SMILES string of the molecule is COC(=O)C1(C)c2[nH]c3ccccc3c2CCN1C(=O)CCl.COC(=O)C1(C)c2[nH]c3ccccc3c2CCN1C(=O)CCl. The molecule has 44 heavy (non-hydrogen) atoms. The molecule has 4 aromatic rings. The van der Waals surface area contributed by atoms with Crippen LogP contribution < -0.4 is 0 Å². The average molecular weight is 642 g/mol. The van der Waals surface area contributed by atoms with E-state index in [1.807, 2.05) is 48.5 Å². The molecule has 0 radical (unpaired) electrons. The molecule has 2 aliphatic rings. The number of hydrogen-bond acceptors (Lipinski definition) is 6. The highest BCUT2D eigenvalue weighted by atomic mass is 35.5. The zero-order valence-electron chi connectivity index (χ0n) is 25.0. The van der Waals surface area contributed by atoms with Gasteiger partial charge < -0.3 is 29.2 Å². The molecule has 0 fully saturated rings. The molecule has 2 aromatic heterocycles.